The van der Waals surface area contributed by atoms with Crippen LogP contribution in [0.4, 0.5) is 4.39 Å². The van der Waals surface area contributed by atoms with Gasteiger partial charge in [0.25, 0.3) is 5.91 Å². The maximum Gasteiger partial charge on any atom is 0.290 e. The Bertz CT molecular complexity index is 928. The van der Waals surface area contributed by atoms with E-state index in [1.165, 1.54) is 24.1 Å². The number of Topliss-reactive ketones (excluding diaryl/α,β-unsaturated/α-hetero) is 1. The molecule has 0 aromatic heterocycles. The number of likely N-dealkylation sites (tertiary alicyclic amines) is 1. The maximum absolute atomic E-state index is 13.2. The molecule has 0 radical (unpaired) electrons. The minimum absolute atomic E-state index is 0.0692. The Morgan fingerprint density at radius 1 is 1.26 bits per heavy atom. The number of aromatic hydroxyl groups is 1. The van der Waals surface area contributed by atoms with Gasteiger partial charge in [0.1, 0.15) is 17.5 Å². The second-order valence-corrected chi connectivity index (χ2v) is 6.62. The van der Waals surface area contributed by atoms with Crippen LogP contribution in [0.25, 0.3) is 11.1 Å². The van der Waals surface area contributed by atoms with Crippen molar-refractivity contribution in [3.8, 4) is 16.9 Å². The van der Waals surface area contributed by atoms with Crippen molar-refractivity contribution >= 4 is 17.6 Å². The van der Waals surface area contributed by atoms with Gasteiger partial charge in [-0.15, -0.1) is 0 Å². The summed E-state index contributed by atoms with van der Waals surface area (Å²) in [6.07, 6.45) is 0. The topological polar surface area (TPSA) is 86.7 Å². The highest BCUT2D eigenvalue weighted by molar-refractivity contribution is 6.42. The minimum Gasteiger partial charge on any atom is -0.507 e. The van der Waals surface area contributed by atoms with Crippen LogP contribution in [0.1, 0.15) is 18.5 Å². The molecule has 1 aliphatic rings. The number of carbonyl (C=O) groups is 3. The van der Waals surface area contributed by atoms with Gasteiger partial charge in [-0.2, -0.15) is 0 Å². The summed E-state index contributed by atoms with van der Waals surface area (Å²) in [5.74, 6) is -3.57. The molecule has 1 heterocycles. The molecule has 2 amide bonds. The van der Waals surface area contributed by atoms with Crippen LogP contribution in [-0.4, -0.2) is 41.2 Å². The van der Waals surface area contributed by atoms with Crippen LogP contribution in [0.15, 0.2) is 42.5 Å². The number of ketones is 1. The van der Waals surface area contributed by atoms with Gasteiger partial charge in [-0.3, -0.25) is 14.4 Å². The van der Waals surface area contributed by atoms with E-state index in [1.807, 2.05) is 0 Å². The van der Waals surface area contributed by atoms with E-state index >= 15 is 0 Å². The van der Waals surface area contributed by atoms with Gasteiger partial charge in [0.2, 0.25) is 11.7 Å². The average Bonchev–Trinajstić information content (AvgIpc) is 2.89. The van der Waals surface area contributed by atoms with E-state index in [1.54, 1.807) is 31.2 Å². The Labute approximate surface area is 155 Å². The first-order chi connectivity index (χ1) is 12.8. The standard InChI is InChI=1S/C20H19FN2O4/c1-11(22-19(26)16-10-23(2)20(27)18(16)25)12-4-3-5-13(8-12)15-7-6-14(21)9-17(15)24/h3-9,11,16,24H,10H2,1-2H3,(H,22,26)/t11-,16?/m1/s1. The molecule has 0 aliphatic carbocycles. The molecule has 3 rings (SSSR count). The van der Waals surface area contributed by atoms with Gasteiger partial charge in [-0.25, -0.2) is 4.39 Å². The molecule has 1 unspecified atom stereocenters. The highest BCUT2D eigenvalue weighted by Gasteiger charge is 2.41. The van der Waals surface area contributed by atoms with Gasteiger partial charge in [-0.1, -0.05) is 18.2 Å². The summed E-state index contributed by atoms with van der Waals surface area (Å²) < 4.78 is 13.2. The van der Waals surface area contributed by atoms with Crippen molar-refractivity contribution in [2.45, 2.75) is 13.0 Å². The lowest BCUT2D eigenvalue weighted by Crippen LogP contribution is -2.37. The highest BCUT2D eigenvalue weighted by atomic mass is 19.1. The minimum atomic E-state index is -1.01. The van der Waals surface area contributed by atoms with Crippen LogP contribution < -0.4 is 5.32 Å². The fraction of sp³-hybridized carbons (Fsp3) is 0.250. The van der Waals surface area contributed by atoms with Crippen molar-refractivity contribution in [1.82, 2.24) is 10.2 Å². The second-order valence-electron chi connectivity index (χ2n) is 6.62. The molecule has 2 atom stereocenters. The first kappa shape index (κ1) is 18.6. The summed E-state index contributed by atoms with van der Waals surface area (Å²) >= 11 is 0. The summed E-state index contributed by atoms with van der Waals surface area (Å²) in [5, 5.41) is 12.7. The van der Waals surface area contributed by atoms with Gasteiger partial charge in [-0.05, 0) is 36.2 Å². The second kappa shape index (κ2) is 7.19. The van der Waals surface area contributed by atoms with Crippen LogP contribution >= 0.6 is 0 Å². The molecule has 1 saturated heterocycles. The van der Waals surface area contributed by atoms with Crippen molar-refractivity contribution in [2.24, 2.45) is 5.92 Å². The number of phenols is 1. The van der Waals surface area contributed by atoms with Crippen molar-refractivity contribution < 1.29 is 23.9 Å². The molecular weight excluding hydrogens is 351 g/mol. The average molecular weight is 370 g/mol. The fourth-order valence-electron chi connectivity index (χ4n) is 3.10. The van der Waals surface area contributed by atoms with Crippen molar-refractivity contribution in [1.29, 1.82) is 0 Å². The van der Waals surface area contributed by atoms with E-state index < -0.39 is 35.4 Å². The van der Waals surface area contributed by atoms with Crippen molar-refractivity contribution in [3.63, 3.8) is 0 Å². The number of amides is 2. The third-order valence-corrected chi connectivity index (χ3v) is 4.66. The first-order valence-corrected chi connectivity index (χ1v) is 8.46. The molecule has 1 aliphatic heterocycles. The molecule has 2 aromatic carbocycles. The number of benzene rings is 2. The molecular formula is C20H19FN2O4. The van der Waals surface area contributed by atoms with E-state index in [9.17, 15) is 23.9 Å². The van der Waals surface area contributed by atoms with E-state index in [-0.39, 0.29) is 12.3 Å². The number of phenolic OH excluding ortho intramolecular Hbond substituents is 1. The summed E-state index contributed by atoms with van der Waals surface area (Å²) in [6, 6.07) is 10.4. The van der Waals surface area contributed by atoms with Gasteiger partial charge in [0.15, 0.2) is 0 Å². The third-order valence-electron chi connectivity index (χ3n) is 4.66. The summed E-state index contributed by atoms with van der Waals surface area (Å²) in [6.45, 7) is 1.83. The van der Waals surface area contributed by atoms with Gasteiger partial charge < -0.3 is 15.3 Å². The van der Waals surface area contributed by atoms with Gasteiger partial charge in [0.05, 0.1) is 6.04 Å². The third kappa shape index (κ3) is 3.67. The van der Waals surface area contributed by atoms with Gasteiger partial charge >= 0.3 is 0 Å². The first-order valence-electron chi connectivity index (χ1n) is 8.46. The largest absolute Gasteiger partial charge is 0.507 e. The van der Waals surface area contributed by atoms with Crippen LogP contribution in [0.5, 0.6) is 5.75 Å². The number of nitrogens with zero attached hydrogens (tertiary/aromatic N) is 1. The quantitative estimate of drug-likeness (QED) is 0.637. The molecule has 1 fully saturated rings. The van der Waals surface area contributed by atoms with E-state index in [4.69, 9.17) is 0 Å². The fourth-order valence-corrected chi connectivity index (χ4v) is 3.10. The van der Waals surface area contributed by atoms with Crippen LogP contribution in [-0.2, 0) is 14.4 Å². The van der Waals surface area contributed by atoms with Crippen molar-refractivity contribution in [2.75, 3.05) is 13.6 Å². The molecule has 140 valence electrons. The van der Waals surface area contributed by atoms with Crippen molar-refractivity contribution in [3.05, 3.63) is 53.8 Å². The van der Waals surface area contributed by atoms with Crippen LogP contribution in [0.3, 0.4) is 0 Å². The SMILES string of the molecule is C[C@@H](NC(=O)C1CN(C)C(=O)C1=O)c1cccc(-c2ccc(F)cc2O)c1. The maximum atomic E-state index is 13.2. The van der Waals surface area contributed by atoms with E-state index in [0.29, 0.717) is 11.1 Å². The number of rotatable bonds is 4. The molecule has 0 spiro atoms. The summed E-state index contributed by atoms with van der Waals surface area (Å²) in [7, 11) is 1.48. The number of carbonyl (C=O) groups excluding carboxylic acids is 3. The summed E-state index contributed by atoms with van der Waals surface area (Å²) in [5.41, 5.74) is 1.88. The lowest BCUT2D eigenvalue weighted by Gasteiger charge is -2.17. The predicted octanol–water partition coefficient (Wildman–Crippen LogP) is 2.03. The van der Waals surface area contributed by atoms with Crippen LogP contribution in [0.2, 0.25) is 0 Å². The Morgan fingerprint density at radius 3 is 2.63 bits per heavy atom. The molecule has 2 N–H and O–H groups in total. The number of halogens is 1. The molecule has 0 bridgehead atoms. The van der Waals surface area contributed by atoms with Gasteiger partial charge in [0, 0.05) is 25.2 Å². The molecule has 6 nitrogen and oxygen atoms in total. The number of hydrogen-bond donors (Lipinski definition) is 2. The molecule has 2 aromatic rings. The smallest absolute Gasteiger partial charge is 0.290 e. The zero-order chi connectivity index (χ0) is 19.7. The molecule has 27 heavy (non-hydrogen) atoms. The van der Waals surface area contributed by atoms with Crippen LogP contribution in [0, 0.1) is 11.7 Å². The highest BCUT2D eigenvalue weighted by Crippen LogP contribution is 2.31. The number of hydrogen-bond acceptors (Lipinski definition) is 4. The Morgan fingerprint density at radius 2 is 2.00 bits per heavy atom. The lowest BCUT2D eigenvalue weighted by molar-refractivity contribution is -0.142. The lowest BCUT2D eigenvalue weighted by atomic mass is 9.98. The van der Waals surface area contributed by atoms with E-state index in [2.05, 4.69) is 5.32 Å². The number of nitrogens with one attached hydrogen (secondary N) is 1. The monoisotopic (exact) mass is 370 g/mol. The number of likely N-dealkylation sites (N-methyl/N-ethyl adjacent to an activating group) is 1. The molecule has 0 saturated carbocycles. The van der Waals surface area contributed by atoms with E-state index in [0.717, 1.165) is 11.6 Å². The Balaban J connectivity index is 1.78. The zero-order valence-electron chi connectivity index (χ0n) is 14.9. The Hall–Kier alpha value is -3.22. The summed E-state index contributed by atoms with van der Waals surface area (Å²) in [4.78, 5) is 37.1. The predicted molar refractivity (Wildman–Crippen MR) is 96.2 cm³/mol. The Kier molecular flexibility index (Phi) is 4.94. The normalized spacial score (nSPS) is 17.9. The zero-order valence-corrected chi connectivity index (χ0v) is 14.9. The molecule has 7 heteroatoms.